The maximum Gasteiger partial charge on any atom is 0.187 e. The summed E-state index contributed by atoms with van der Waals surface area (Å²) in [5, 5.41) is 4.67. The van der Waals surface area contributed by atoms with E-state index in [0.717, 1.165) is 34.0 Å². The first-order valence-corrected chi connectivity index (χ1v) is 13.2. The monoisotopic (exact) mass is 668 g/mol. The van der Waals surface area contributed by atoms with Crippen molar-refractivity contribution in [3.05, 3.63) is 115 Å². The van der Waals surface area contributed by atoms with Crippen molar-refractivity contribution < 1.29 is 0 Å². The number of anilines is 4. The second-order valence-electron chi connectivity index (χ2n) is 8.40. The predicted octanol–water partition coefficient (Wildman–Crippen LogP) is 7.32. The molecule has 34 heavy (non-hydrogen) atoms. The third-order valence-electron chi connectivity index (χ3n) is 6.71. The molecule has 0 N–H and O–H groups in total. The summed E-state index contributed by atoms with van der Waals surface area (Å²) in [4.78, 5) is 7.40. The Morgan fingerprint density at radius 2 is 1.24 bits per heavy atom. The van der Waals surface area contributed by atoms with E-state index in [2.05, 4.69) is 164 Å². The van der Waals surface area contributed by atoms with Gasteiger partial charge < -0.3 is 4.90 Å². The minimum absolute atomic E-state index is 0.620. The molecule has 2 heterocycles. The van der Waals surface area contributed by atoms with Crippen molar-refractivity contribution >= 4 is 73.6 Å². The van der Waals surface area contributed by atoms with Gasteiger partial charge in [-0.15, -0.1) is 0 Å². The number of benzene rings is 4. The zero-order valence-corrected chi connectivity index (χ0v) is 23.1. The van der Waals surface area contributed by atoms with Crippen LogP contribution >= 0.6 is 45.2 Å². The average Bonchev–Trinajstić information content (AvgIpc) is 3.30. The Morgan fingerprint density at radius 3 is 1.88 bits per heavy atom. The van der Waals surface area contributed by atoms with Crippen molar-refractivity contribution in [2.75, 3.05) is 24.0 Å². The summed E-state index contributed by atoms with van der Waals surface area (Å²) in [6.45, 7) is 0. The molecule has 1 atom stereocenters. The highest BCUT2D eigenvalue weighted by Crippen LogP contribution is 2.58. The minimum atomic E-state index is -0.620. The number of halogens is 2. The van der Waals surface area contributed by atoms with E-state index in [-0.39, 0.29) is 0 Å². The molecule has 4 nitrogen and oxygen atoms in total. The van der Waals surface area contributed by atoms with Crippen LogP contribution in [0.3, 0.4) is 0 Å². The highest BCUT2D eigenvalue weighted by atomic mass is 127. The molecule has 168 valence electrons. The first-order chi connectivity index (χ1) is 16.6. The van der Waals surface area contributed by atoms with E-state index in [1.165, 1.54) is 12.7 Å². The molecule has 1 unspecified atom stereocenters. The molecule has 6 heteroatoms. The fourth-order valence-corrected chi connectivity index (χ4v) is 6.12. The molecule has 2 aliphatic rings. The summed E-state index contributed by atoms with van der Waals surface area (Å²) in [6, 6.07) is 34.8. The van der Waals surface area contributed by atoms with Crippen LogP contribution in [0.1, 0.15) is 11.1 Å². The molecule has 0 fully saturated rings. The average molecular weight is 668 g/mol. The Morgan fingerprint density at radius 1 is 0.676 bits per heavy atom. The Hall–Kier alpha value is -2.43. The van der Waals surface area contributed by atoms with E-state index < -0.39 is 5.66 Å². The van der Waals surface area contributed by atoms with Crippen LogP contribution < -0.4 is 9.91 Å². The summed E-state index contributed by atoms with van der Waals surface area (Å²) in [6.07, 6.45) is 0. The van der Waals surface area contributed by atoms with Crippen molar-refractivity contribution in [2.24, 2.45) is 4.99 Å². The molecule has 0 aliphatic carbocycles. The van der Waals surface area contributed by atoms with Gasteiger partial charge in [-0.25, -0.2) is 0 Å². The number of hydrazine groups is 1. The maximum atomic E-state index is 4.95. The number of nitrogens with zero attached hydrogens (tertiary/aromatic N) is 4. The van der Waals surface area contributed by atoms with Gasteiger partial charge in [0.05, 0.1) is 22.8 Å². The highest BCUT2D eigenvalue weighted by Gasteiger charge is 2.60. The molecular weight excluding hydrogens is 646 g/mol. The van der Waals surface area contributed by atoms with E-state index in [0.29, 0.717) is 0 Å². The van der Waals surface area contributed by atoms with Crippen molar-refractivity contribution in [1.82, 2.24) is 5.01 Å². The number of likely N-dealkylation sites (N-methyl/N-ethyl adjacent to an activating group) is 1. The number of aliphatic imine (C=N–C) groups is 1. The molecule has 0 aromatic heterocycles. The minimum Gasteiger partial charge on any atom is -0.311 e. The summed E-state index contributed by atoms with van der Waals surface area (Å²) < 4.78 is 2.43. The fourth-order valence-electron chi connectivity index (χ4n) is 5.40. The van der Waals surface area contributed by atoms with Crippen LogP contribution in [0.2, 0.25) is 0 Å². The number of fused-ring (bicyclic) bond motifs is 3. The van der Waals surface area contributed by atoms with Crippen LogP contribution in [0.4, 0.5) is 22.7 Å². The van der Waals surface area contributed by atoms with Crippen LogP contribution in [0.25, 0.3) is 0 Å². The van der Waals surface area contributed by atoms with Crippen molar-refractivity contribution in [3.8, 4) is 0 Å². The zero-order chi connectivity index (χ0) is 23.4. The quantitative estimate of drug-likeness (QED) is 0.209. The fraction of sp³-hybridized carbons (Fsp3) is 0.107. The van der Waals surface area contributed by atoms with Crippen molar-refractivity contribution in [1.29, 1.82) is 0 Å². The largest absolute Gasteiger partial charge is 0.311 e. The molecule has 0 saturated carbocycles. The van der Waals surface area contributed by atoms with Gasteiger partial charge in [0.1, 0.15) is 0 Å². The predicted molar refractivity (Wildman–Crippen MR) is 157 cm³/mol. The second kappa shape index (κ2) is 8.35. The summed E-state index contributed by atoms with van der Waals surface area (Å²) in [7, 11) is 4.09. The molecule has 4 aromatic carbocycles. The number of rotatable bonds is 2. The smallest absolute Gasteiger partial charge is 0.187 e. The lowest BCUT2D eigenvalue weighted by Crippen LogP contribution is -2.57. The molecule has 6 rings (SSSR count). The van der Waals surface area contributed by atoms with E-state index in [1.807, 2.05) is 7.05 Å². The van der Waals surface area contributed by atoms with Gasteiger partial charge in [-0.2, -0.15) is 5.01 Å². The summed E-state index contributed by atoms with van der Waals surface area (Å²) in [5.41, 5.74) is 7.39. The third-order valence-corrected chi connectivity index (χ3v) is 8.15. The Labute approximate surface area is 227 Å². The lowest BCUT2D eigenvalue weighted by atomic mass is 9.92. The van der Waals surface area contributed by atoms with Gasteiger partial charge in [-0.05, 0) is 106 Å². The topological polar surface area (TPSA) is 22.1 Å². The normalized spacial score (nSPS) is 20.3. The lowest BCUT2D eigenvalue weighted by Gasteiger charge is -2.44. The van der Waals surface area contributed by atoms with Crippen LogP contribution in [-0.2, 0) is 5.66 Å². The number of hydrogen-bond donors (Lipinski definition) is 0. The number of para-hydroxylation sites is 2. The third kappa shape index (κ3) is 3.01. The molecule has 0 saturated heterocycles. The van der Waals surface area contributed by atoms with Crippen molar-refractivity contribution in [3.63, 3.8) is 0 Å². The van der Waals surface area contributed by atoms with Crippen LogP contribution in [0.15, 0.2) is 102 Å². The molecular formula is C28H22I2N4. The molecule has 2 aliphatic heterocycles. The maximum absolute atomic E-state index is 4.95. The van der Waals surface area contributed by atoms with Gasteiger partial charge >= 0.3 is 0 Å². The van der Waals surface area contributed by atoms with Gasteiger partial charge in [-0.3, -0.25) is 10.0 Å². The van der Waals surface area contributed by atoms with Gasteiger partial charge in [0.25, 0.3) is 0 Å². The first-order valence-electron chi connectivity index (χ1n) is 11.1. The highest BCUT2D eigenvalue weighted by molar-refractivity contribution is 14.1. The van der Waals surface area contributed by atoms with E-state index in [9.17, 15) is 0 Å². The van der Waals surface area contributed by atoms with Crippen LogP contribution in [-0.4, -0.2) is 24.8 Å². The van der Waals surface area contributed by atoms with E-state index in [4.69, 9.17) is 4.99 Å². The molecule has 0 bridgehead atoms. The van der Waals surface area contributed by atoms with Crippen LogP contribution in [0, 0.1) is 7.14 Å². The molecule has 1 spiro atoms. The molecule has 4 aromatic rings. The molecule has 0 radical (unpaired) electrons. The van der Waals surface area contributed by atoms with Crippen molar-refractivity contribution in [2.45, 2.75) is 5.66 Å². The van der Waals surface area contributed by atoms with Gasteiger partial charge in [0.15, 0.2) is 5.66 Å². The van der Waals surface area contributed by atoms with Gasteiger partial charge in [0, 0.05) is 38.0 Å². The Kier molecular flexibility index (Phi) is 5.42. The SMILES string of the molecule is CN=C1c2ccccc2N(c2ccc(I)cc2)C12c1ccccc1N(c1ccc(I)cc1)N2C. The number of hydrogen-bond acceptors (Lipinski definition) is 4. The van der Waals surface area contributed by atoms with Gasteiger partial charge in [-0.1, -0.05) is 36.4 Å². The lowest BCUT2D eigenvalue weighted by molar-refractivity contribution is 0.225. The standard InChI is InChI=1S/C28H22I2N4/c1-31-27-23-7-3-5-9-25(23)33(21-15-11-19(29)12-16-21)28(27)24-8-4-6-10-26(24)34(32(28)2)22-17-13-20(30)14-18-22/h3-18H,1-2H3. The van der Waals surface area contributed by atoms with E-state index in [1.54, 1.807) is 0 Å². The van der Waals surface area contributed by atoms with Crippen LogP contribution in [0.5, 0.6) is 0 Å². The molecule has 0 amide bonds. The second-order valence-corrected chi connectivity index (χ2v) is 10.9. The zero-order valence-electron chi connectivity index (χ0n) is 18.8. The van der Waals surface area contributed by atoms with E-state index >= 15 is 0 Å². The summed E-state index contributed by atoms with van der Waals surface area (Å²) in [5.74, 6) is 0. The Balaban J connectivity index is 1.68. The summed E-state index contributed by atoms with van der Waals surface area (Å²) >= 11 is 4.73. The Bertz CT molecular complexity index is 1420. The first kappa shape index (κ1) is 22.1. The van der Waals surface area contributed by atoms with Gasteiger partial charge in [0.2, 0.25) is 0 Å².